The summed E-state index contributed by atoms with van der Waals surface area (Å²) in [4.78, 5) is 24.6. The van der Waals surface area contributed by atoms with Gasteiger partial charge in [0, 0.05) is 5.92 Å². The van der Waals surface area contributed by atoms with Gasteiger partial charge in [-0.25, -0.2) is 0 Å². The number of carbonyl (C=O) groups is 2. The molecule has 2 amide bonds. The zero-order chi connectivity index (χ0) is 18.2. The van der Waals surface area contributed by atoms with Gasteiger partial charge in [-0.15, -0.1) is 0 Å². The summed E-state index contributed by atoms with van der Waals surface area (Å²) in [5.41, 5.74) is 7.05. The van der Waals surface area contributed by atoms with Gasteiger partial charge in [0.2, 0.25) is 11.8 Å². The van der Waals surface area contributed by atoms with E-state index in [1.165, 1.54) is 0 Å². The Morgan fingerprint density at radius 2 is 1.52 bits per heavy atom. The molecule has 0 unspecified atom stereocenters. The smallest absolute Gasteiger partial charge is 0.240 e. The predicted octanol–water partition coefficient (Wildman–Crippen LogP) is 2.34. The average Bonchev–Trinajstić information content (AvgIpc) is 2.63. The minimum absolute atomic E-state index is 0.188. The fraction of sp³-hybridized carbons (Fsp3) is 0.250. The maximum atomic E-state index is 12.9. The van der Waals surface area contributed by atoms with Gasteiger partial charge in [-0.2, -0.15) is 5.26 Å². The number of carbonyl (C=O) groups excluding carboxylic acids is 2. The number of amides is 2. The summed E-state index contributed by atoms with van der Waals surface area (Å²) in [6.45, 7) is 1.69. The van der Waals surface area contributed by atoms with Crippen LogP contribution < -0.4 is 11.1 Å². The fourth-order valence-corrected chi connectivity index (χ4v) is 2.69. The van der Waals surface area contributed by atoms with Crippen LogP contribution in [-0.2, 0) is 9.59 Å². The lowest BCUT2D eigenvalue weighted by molar-refractivity contribution is -0.128. The van der Waals surface area contributed by atoms with Crippen LogP contribution in [0, 0.1) is 17.2 Å². The number of nitriles is 1. The zero-order valence-corrected chi connectivity index (χ0v) is 14.1. The van der Waals surface area contributed by atoms with Crippen molar-refractivity contribution in [2.45, 2.75) is 25.3 Å². The number of primary amides is 1. The molecule has 0 aliphatic rings. The number of benzene rings is 2. The second-order valence-corrected chi connectivity index (χ2v) is 5.98. The van der Waals surface area contributed by atoms with Crippen molar-refractivity contribution in [3.8, 4) is 6.07 Å². The molecule has 5 heteroatoms. The largest absolute Gasteiger partial charge is 0.368 e. The molecule has 2 aromatic carbocycles. The highest BCUT2D eigenvalue weighted by molar-refractivity contribution is 5.91. The third-order valence-corrected chi connectivity index (χ3v) is 4.00. The Morgan fingerprint density at radius 1 is 1.04 bits per heavy atom. The van der Waals surface area contributed by atoms with Gasteiger partial charge in [0.05, 0.1) is 12.0 Å². The molecule has 0 aliphatic heterocycles. The molecule has 2 aromatic rings. The maximum Gasteiger partial charge on any atom is 0.240 e. The van der Waals surface area contributed by atoms with Crippen LogP contribution in [0.3, 0.4) is 0 Å². The van der Waals surface area contributed by atoms with Crippen LogP contribution in [-0.4, -0.2) is 17.9 Å². The highest BCUT2D eigenvalue weighted by Gasteiger charge is 2.27. The topological polar surface area (TPSA) is 96.0 Å². The highest BCUT2D eigenvalue weighted by Crippen LogP contribution is 2.25. The average molecular weight is 335 g/mol. The molecule has 0 fully saturated rings. The van der Waals surface area contributed by atoms with Crippen LogP contribution in [0.2, 0.25) is 0 Å². The van der Waals surface area contributed by atoms with E-state index in [9.17, 15) is 9.59 Å². The van der Waals surface area contributed by atoms with Gasteiger partial charge in [0.25, 0.3) is 0 Å². The second-order valence-electron chi connectivity index (χ2n) is 5.98. The Bertz CT molecular complexity index is 714. The van der Waals surface area contributed by atoms with E-state index >= 15 is 0 Å². The monoisotopic (exact) mass is 335 g/mol. The summed E-state index contributed by atoms with van der Waals surface area (Å²) in [6, 6.07) is 19.9. The van der Waals surface area contributed by atoms with Crippen molar-refractivity contribution in [2.75, 3.05) is 0 Å². The van der Waals surface area contributed by atoms with E-state index in [4.69, 9.17) is 11.0 Å². The number of nitrogens with two attached hydrogens (primary N) is 1. The summed E-state index contributed by atoms with van der Waals surface area (Å²) >= 11 is 0. The zero-order valence-electron chi connectivity index (χ0n) is 14.1. The van der Waals surface area contributed by atoms with E-state index in [1.807, 2.05) is 60.7 Å². The van der Waals surface area contributed by atoms with Gasteiger partial charge in [0.1, 0.15) is 6.04 Å². The molecule has 5 nitrogen and oxygen atoms in total. The van der Waals surface area contributed by atoms with Gasteiger partial charge in [-0.05, 0) is 24.5 Å². The number of hydrogen-bond donors (Lipinski definition) is 2. The highest BCUT2D eigenvalue weighted by atomic mass is 16.2. The van der Waals surface area contributed by atoms with E-state index in [0.29, 0.717) is 0 Å². The van der Waals surface area contributed by atoms with Crippen molar-refractivity contribution in [1.29, 1.82) is 5.26 Å². The van der Waals surface area contributed by atoms with Crippen molar-refractivity contribution in [1.82, 2.24) is 5.32 Å². The predicted molar refractivity (Wildman–Crippen MR) is 95.2 cm³/mol. The molecule has 0 bridgehead atoms. The van der Waals surface area contributed by atoms with Gasteiger partial charge >= 0.3 is 0 Å². The Balaban J connectivity index is 2.29. The van der Waals surface area contributed by atoms with Crippen molar-refractivity contribution in [2.24, 2.45) is 11.7 Å². The number of nitrogens with one attached hydrogen (secondary N) is 1. The SMILES string of the molecule is C[C@H](C#N)C[C@H](NC(=O)C(c1ccccc1)c1ccccc1)C(N)=O. The number of rotatable bonds is 7. The third kappa shape index (κ3) is 4.92. The van der Waals surface area contributed by atoms with Crippen molar-refractivity contribution >= 4 is 11.8 Å². The van der Waals surface area contributed by atoms with Crippen molar-refractivity contribution < 1.29 is 9.59 Å². The summed E-state index contributed by atoms with van der Waals surface area (Å²) < 4.78 is 0. The molecule has 25 heavy (non-hydrogen) atoms. The summed E-state index contributed by atoms with van der Waals surface area (Å²) in [5.74, 6) is -1.90. The van der Waals surface area contributed by atoms with Gasteiger partial charge in [-0.3, -0.25) is 9.59 Å². The molecule has 0 aliphatic carbocycles. The van der Waals surface area contributed by atoms with Crippen LogP contribution in [0.5, 0.6) is 0 Å². The molecular formula is C20H21N3O2. The Kier molecular flexibility index (Phi) is 6.30. The number of hydrogen-bond acceptors (Lipinski definition) is 3. The van der Waals surface area contributed by atoms with Gasteiger partial charge in [0.15, 0.2) is 0 Å². The summed E-state index contributed by atoms with van der Waals surface area (Å²) in [5, 5.41) is 11.7. The molecular weight excluding hydrogens is 314 g/mol. The quantitative estimate of drug-likeness (QED) is 0.813. The standard InChI is InChI=1S/C20H21N3O2/c1-14(13-21)12-17(19(22)24)23-20(25)18(15-8-4-2-5-9-15)16-10-6-3-7-11-16/h2-11,14,17-18H,12H2,1H3,(H2,22,24)(H,23,25)/t14-,17-/m0/s1. The fourth-order valence-electron chi connectivity index (χ4n) is 2.69. The molecule has 0 saturated carbocycles. The van der Waals surface area contributed by atoms with E-state index in [0.717, 1.165) is 11.1 Å². The van der Waals surface area contributed by atoms with Crippen LogP contribution >= 0.6 is 0 Å². The molecule has 0 radical (unpaired) electrons. The van der Waals surface area contributed by atoms with Crippen LogP contribution in [0.1, 0.15) is 30.4 Å². The van der Waals surface area contributed by atoms with Crippen molar-refractivity contribution in [3.05, 3.63) is 71.8 Å². The van der Waals surface area contributed by atoms with E-state index in [-0.39, 0.29) is 18.2 Å². The van der Waals surface area contributed by atoms with Gasteiger partial charge < -0.3 is 11.1 Å². The van der Waals surface area contributed by atoms with Crippen molar-refractivity contribution in [3.63, 3.8) is 0 Å². The second kappa shape index (κ2) is 8.65. The maximum absolute atomic E-state index is 12.9. The molecule has 0 heterocycles. The minimum Gasteiger partial charge on any atom is -0.368 e. The molecule has 0 saturated heterocycles. The van der Waals surface area contributed by atoms with Gasteiger partial charge in [-0.1, -0.05) is 60.7 Å². The lowest BCUT2D eigenvalue weighted by Gasteiger charge is -2.22. The third-order valence-electron chi connectivity index (χ3n) is 4.00. The normalized spacial score (nSPS) is 12.8. The molecule has 0 spiro atoms. The first-order chi connectivity index (χ1) is 12.0. The Labute approximate surface area is 147 Å². The lowest BCUT2D eigenvalue weighted by atomic mass is 9.90. The summed E-state index contributed by atoms with van der Waals surface area (Å²) in [6.07, 6.45) is 0.188. The molecule has 2 rings (SSSR count). The lowest BCUT2D eigenvalue weighted by Crippen LogP contribution is -2.47. The first kappa shape index (κ1) is 18.2. The van der Waals surface area contributed by atoms with Crippen LogP contribution in [0.25, 0.3) is 0 Å². The molecule has 0 aromatic heterocycles. The van der Waals surface area contributed by atoms with E-state index in [2.05, 4.69) is 11.4 Å². The minimum atomic E-state index is -0.878. The first-order valence-electron chi connectivity index (χ1n) is 8.12. The summed E-state index contributed by atoms with van der Waals surface area (Å²) in [7, 11) is 0. The van der Waals surface area contributed by atoms with Crippen LogP contribution in [0.15, 0.2) is 60.7 Å². The Morgan fingerprint density at radius 3 is 1.92 bits per heavy atom. The Hall–Kier alpha value is -3.13. The van der Waals surface area contributed by atoms with E-state index < -0.39 is 17.9 Å². The first-order valence-corrected chi connectivity index (χ1v) is 8.12. The molecule has 3 N–H and O–H groups in total. The van der Waals surface area contributed by atoms with E-state index in [1.54, 1.807) is 6.92 Å². The molecule has 128 valence electrons. The number of nitrogens with zero attached hydrogens (tertiary/aromatic N) is 1. The molecule has 2 atom stereocenters. The van der Waals surface area contributed by atoms with Crippen LogP contribution in [0.4, 0.5) is 0 Å².